The van der Waals surface area contributed by atoms with Gasteiger partial charge in [-0.1, -0.05) is 0 Å². The summed E-state index contributed by atoms with van der Waals surface area (Å²) in [5.74, 6) is 2.45. The monoisotopic (exact) mass is 279 g/mol. The van der Waals surface area contributed by atoms with E-state index in [2.05, 4.69) is 5.32 Å². The first kappa shape index (κ1) is 15.0. The average Bonchev–Trinajstić information content (AvgIpc) is 3.30. The van der Waals surface area contributed by atoms with Crippen LogP contribution in [0.25, 0.3) is 0 Å². The van der Waals surface area contributed by atoms with Crippen LogP contribution in [0.3, 0.4) is 0 Å². The van der Waals surface area contributed by atoms with E-state index in [4.69, 9.17) is 14.2 Å². The maximum Gasteiger partial charge on any atom is 0.129 e. The molecule has 0 bridgehead atoms. The number of benzene rings is 1. The Morgan fingerprint density at radius 1 is 1.00 bits per heavy atom. The van der Waals surface area contributed by atoms with Gasteiger partial charge in [-0.25, -0.2) is 0 Å². The Labute approximate surface area is 121 Å². The summed E-state index contributed by atoms with van der Waals surface area (Å²) in [6.45, 7) is 1.10. The summed E-state index contributed by atoms with van der Waals surface area (Å²) in [6, 6.07) is 4.63. The zero-order valence-electron chi connectivity index (χ0n) is 12.7. The number of methoxy groups -OCH3 is 3. The Balaban J connectivity index is 1.93. The van der Waals surface area contributed by atoms with E-state index >= 15 is 0 Å². The highest BCUT2D eigenvalue weighted by Crippen LogP contribution is 2.35. The van der Waals surface area contributed by atoms with Crippen molar-refractivity contribution < 1.29 is 14.2 Å². The van der Waals surface area contributed by atoms with Crippen molar-refractivity contribution in [3.63, 3.8) is 0 Å². The first-order valence-electron chi connectivity index (χ1n) is 7.30. The third kappa shape index (κ3) is 4.04. The molecule has 0 amide bonds. The fourth-order valence-electron chi connectivity index (χ4n) is 2.34. The number of rotatable bonds is 9. The largest absolute Gasteiger partial charge is 0.496 e. The molecule has 2 rings (SSSR count). The van der Waals surface area contributed by atoms with Crippen molar-refractivity contribution in [3.05, 3.63) is 17.7 Å². The molecule has 0 spiro atoms. The van der Waals surface area contributed by atoms with E-state index in [1.807, 2.05) is 12.1 Å². The lowest BCUT2D eigenvalue weighted by Gasteiger charge is -2.15. The summed E-state index contributed by atoms with van der Waals surface area (Å²) in [5, 5.41) is 3.54. The van der Waals surface area contributed by atoms with E-state index in [1.165, 1.54) is 19.3 Å². The van der Waals surface area contributed by atoms with Crippen LogP contribution in [0.2, 0.25) is 0 Å². The van der Waals surface area contributed by atoms with Crippen molar-refractivity contribution in [2.24, 2.45) is 0 Å². The van der Waals surface area contributed by atoms with Crippen LogP contribution in [0, 0.1) is 0 Å². The molecule has 4 heteroatoms. The van der Waals surface area contributed by atoms with Crippen molar-refractivity contribution in [1.29, 1.82) is 0 Å². The highest BCUT2D eigenvalue weighted by atomic mass is 16.5. The molecule has 0 unspecified atom stereocenters. The molecule has 1 aliphatic carbocycles. The van der Waals surface area contributed by atoms with Gasteiger partial charge in [-0.05, 0) is 38.6 Å². The lowest BCUT2D eigenvalue weighted by atomic mass is 10.1. The van der Waals surface area contributed by atoms with Crippen LogP contribution < -0.4 is 19.5 Å². The van der Waals surface area contributed by atoms with E-state index in [0.29, 0.717) is 0 Å². The number of hydrogen-bond donors (Lipinski definition) is 1. The molecule has 0 heterocycles. The summed E-state index contributed by atoms with van der Waals surface area (Å²) < 4.78 is 16.2. The summed E-state index contributed by atoms with van der Waals surface area (Å²) in [5.41, 5.74) is 1.13. The Morgan fingerprint density at radius 3 is 2.15 bits per heavy atom. The second-order valence-corrected chi connectivity index (χ2v) is 5.20. The van der Waals surface area contributed by atoms with Gasteiger partial charge in [0.15, 0.2) is 0 Å². The highest BCUT2D eigenvalue weighted by Gasteiger charge is 2.19. The van der Waals surface area contributed by atoms with Crippen LogP contribution in [0.15, 0.2) is 12.1 Å². The van der Waals surface area contributed by atoms with Crippen LogP contribution >= 0.6 is 0 Å². The third-order valence-electron chi connectivity index (χ3n) is 3.68. The van der Waals surface area contributed by atoms with Gasteiger partial charge in [-0.15, -0.1) is 0 Å². The second-order valence-electron chi connectivity index (χ2n) is 5.20. The molecule has 1 saturated carbocycles. The fraction of sp³-hybridized carbons (Fsp3) is 0.625. The number of hydrogen-bond acceptors (Lipinski definition) is 4. The van der Waals surface area contributed by atoms with E-state index in [1.54, 1.807) is 21.3 Å². The molecule has 4 nitrogen and oxygen atoms in total. The zero-order valence-corrected chi connectivity index (χ0v) is 12.7. The molecule has 0 atom stereocenters. The Hall–Kier alpha value is -1.42. The summed E-state index contributed by atoms with van der Waals surface area (Å²) in [4.78, 5) is 0. The Morgan fingerprint density at radius 2 is 1.65 bits per heavy atom. The van der Waals surface area contributed by atoms with Gasteiger partial charge in [0.1, 0.15) is 17.2 Å². The maximum absolute atomic E-state index is 5.46. The SMILES string of the molecule is COc1cc(OC)c(CCCCNC2CC2)c(OC)c1. The number of nitrogens with one attached hydrogen (secondary N) is 1. The van der Waals surface area contributed by atoms with Gasteiger partial charge in [0.25, 0.3) is 0 Å². The molecule has 0 aromatic heterocycles. The molecule has 20 heavy (non-hydrogen) atoms. The number of unbranched alkanes of at least 4 members (excludes halogenated alkanes) is 1. The van der Waals surface area contributed by atoms with E-state index in [0.717, 1.165) is 48.2 Å². The smallest absolute Gasteiger partial charge is 0.129 e. The normalized spacial score (nSPS) is 14.2. The second kappa shape index (κ2) is 7.39. The molecule has 1 aliphatic rings. The lowest BCUT2D eigenvalue weighted by molar-refractivity contribution is 0.368. The van der Waals surface area contributed by atoms with Crippen LogP contribution in [0.4, 0.5) is 0 Å². The van der Waals surface area contributed by atoms with Crippen molar-refractivity contribution in [2.75, 3.05) is 27.9 Å². The lowest BCUT2D eigenvalue weighted by Crippen LogP contribution is -2.17. The minimum atomic E-state index is 0.762. The fourth-order valence-corrected chi connectivity index (χ4v) is 2.34. The van der Waals surface area contributed by atoms with Gasteiger partial charge in [0.05, 0.1) is 21.3 Å². The molecule has 1 aromatic rings. The van der Waals surface area contributed by atoms with Crippen LogP contribution in [-0.4, -0.2) is 33.9 Å². The predicted molar refractivity (Wildman–Crippen MR) is 80.1 cm³/mol. The quantitative estimate of drug-likeness (QED) is 0.706. The van der Waals surface area contributed by atoms with Gasteiger partial charge >= 0.3 is 0 Å². The molecular weight excluding hydrogens is 254 g/mol. The molecule has 0 saturated heterocycles. The Kier molecular flexibility index (Phi) is 5.53. The van der Waals surface area contributed by atoms with E-state index in [9.17, 15) is 0 Å². The van der Waals surface area contributed by atoms with Crippen LogP contribution in [0.5, 0.6) is 17.2 Å². The maximum atomic E-state index is 5.46. The first-order chi connectivity index (χ1) is 9.78. The molecule has 1 aromatic carbocycles. The summed E-state index contributed by atoms with van der Waals surface area (Å²) in [6.07, 6.45) is 5.95. The molecular formula is C16H25NO3. The van der Waals surface area contributed by atoms with Crippen molar-refractivity contribution in [3.8, 4) is 17.2 Å². The van der Waals surface area contributed by atoms with Crippen LogP contribution in [0.1, 0.15) is 31.2 Å². The molecule has 112 valence electrons. The predicted octanol–water partition coefficient (Wildman–Crippen LogP) is 2.79. The third-order valence-corrected chi connectivity index (χ3v) is 3.68. The standard InChI is InChI=1S/C16H25NO3/c1-18-13-10-15(19-2)14(16(11-13)20-3)6-4-5-9-17-12-7-8-12/h10-12,17H,4-9H2,1-3H3. The topological polar surface area (TPSA) is 39.7 Å². The zero-order chi connectivity index (χ0) is 14.4. The van der Waals surface area contributed by atoms with Gasteiger partial charge in [0.2, 0.25) is 0 Å². The van der Waals surface area contributed by atoms with Gasteiger partial charge in [-0.2, -0.15) is 0 Å². The van der Waals surface area contributed by atoms with Crippen molar-refractivity contribution in [1.82, 2.24) is 5.32 Å². The average molecular weight is 279 g/mol. The minimum absolute atomic E-state index is 0.762. The van der Waals surface area contributed by atoms with Gasteiger partial charge < -0.3 is 19.5 Å². The van der Waals surface area contributed by atoms with Crippen molar-refractivity contribution in [2.45, 2.75) is 38.1 Å². The molecule has 1 N–H and O–H groups in total. The van der Waals surface area contributed by atoms with E-state index < -0.39 is 0 Å². The highest BCUT2D eigenvalue weighted by molar-refractivity contribution is 5.50. The Bertz CT molecular complexity index is 405. The van der Waals surface area contributed by atoms with Gasteiger partial charge in [-0.3, -0.25) is 0 Å². The first-order valence-corrected chi connectivity index (χ1v) is 7.30. The summed E-state index contributed by atoms with van der Waals surface area (Å²) in [7, 11) is 5.02. The minimum Gasteiger partial charge on any atom is -0.496 e. The number of ether oxygens (including phenoxy) is 3. The van der Waals surface area contributed by atoms with Crippen molar-refractivity contribution >= 4 is 0 Å². The summed E-state index contributed by atoms with van der Waals surface area (Å²) >= 11 is 0. The molecule has 0 radical (unpaired) electrons. The molecule has 1 fully saturated rings. The molecule has 0 aliphatic heterocycles. The van der Waals surface area contributed by atoms with Crippen LogP contribution in [-0.2, 0) is 6.42 Å². The van der Waals surface area contributed by atoms with Gasteiger partial charge in [0, 0.05) is 23.7 Å². The van der Waals surface area contributed by atoms with E-state index in [-0.39, 0.29) is 0 Å².